The van der Waals surface area contributed by atoms with E-state index in [4.69, 9.17) is 4.74 Å². The van der Waals surface area contributed by atoms with E-state index in [9.17, 15) is 13.2 Å². The van der Waals surface area contributed by atoms with Crippen molar-refractivity contribution in [2.45, 2.75) is 39.0 Å². The third kappa shape index (κ3) is 7.28. The second-order valence-electron chi connectivity index (χ2n) is 5.82. The molecule has 0 spiro atoms. The van der Waals surface area contributed by atoms with Crippen LogP contribution in [0.4, 0.5) is 13.2 Å². The van der Waals surface area contributed by atoms with Gasteiger partial charge in [-0.05, 0) is 38.5 Å². The molecule has 1 aromatic carbocycles. The van der Waals surface area contributed by atoms with Crippen LogP contribution in [0.25, 0.3) is 0 Å². The van der Waals surface area contributed by atoms with Gasteiger partial charge in [-0.1, -0.05) is 6.07 Å². The van der Waals surface area contributed by atoms with E-state index in [0.29, 0.717) is 5.96 Å². The van der Waals surface area contributed by atoms with Gasteiger partial charge < -0.3 is 15.4 Å². The number of methoxy groups -OCH3 is 1. The molecule has 0 amide bonds. The number of nitrogens with zero attached hydrogens (tertiary/aromatic N) is 1. The third-order valence-corrected chi connectivity index (χ3v) is 2.79. The van der Waals surface area contributed by atoms with E-state index in [-0.39, 0.29) is 47.4 Å². The number of ether oxygens (including phenoxy) is 1. The topological polar surface area (TPSA) is 45.7 Å². The molecule has 8 heteroatoms. The maximum Gasteiger partial charge on any atom is 0.416 e. The van der Waals surface area contributed by atoms with Crippen molar-refractivity contribution in [3.8, 4) is 5.75 Å². The Morgan fingerprint density at radius 1 is 1.22 bits per heavy atom. The number of rotatable bonds is 3. The second kappa shape index (κ2) is 8.60. The monoisotopic (exact) mass is 445 g/mol. The zero-order chi connectivity index (χ0) is 17.0. The number of alkyl halides is 3. The summed E-state index contributed by atoms with van der Waals surface area (Å²) in [6.45, 7) is 5.83. The minimum atomic E-state index is -4.44. The fraction of sp³-hybridized carbons (Fsp3) is 0.533. The number of halogens is 4. The Morgan fingerprint density at radius 2 is 1.83 bits per heavy atom. The van der Waals surface area contributed by atoms with Gasteiger partial charge >= 0.3 is 6.18 Å². The van der Waals surface area contributed by atoms with Gasteiger partial charge in [0.05, 0.1) is 12.7 Å². The summed E-state index contributed by atoms with van der Waals surface area (Å²) >= 11 is 0. The first-order valence-corrected chi connectivity index (χ1v) is 6.80. The molecule has 4 nitrogen and oxygen atoms in total. The molecule has 23 heavy (non-hydrogen) atoms. The molecule has 0 bridgehead atoms. The average Bonchev–Trinajstić information content (AvgIpc) is 2.41. The Kier molecular flexibility index (Phi) is 8.16. The van der Waals surface area contributed by atoms with Gasteiger partial charge in [0.2, 0.25) is 0 Å². The largest absolute Gasteiger partial charge is 0.497 e. The third-order valence-electron chi connectivity index (χ3n) is 2.79. The van der Waals surface area contributed by atoms with Crippen molar-refractivity contribution >= 4 is 29.9 Å². The van der Waals surface area contributed by atoms with Crippen LogP contribution in [0.5, 0.6) is 5.75 Å². The van der Waals surface area contributed by atoms with E-state index in [2.05, 4.69) is 15.6 Å². The highest BCUT2D eigenvalue weighted by atomic mass is 127. The molecule has 0 aliphatic carbocycles. The van der Waals surface area contributed by atoms with Crippen molar-refractivity contribution in [3.05, 3.63) is 29.3 Å². The molecular weight excluding hydrogens is 422 g/mol. The molecule has 0 unspecified atom stereocenters. The molecule has 0 aliphatic heterocycles. The zero-order valence-corrected chi connectivity index (χ0v) is 16.2. The Bertz CT molecular complexity index is 540. The lowest BCUT2D eigenvalue weighted by Gasteiger charge is -2.24. The summed E-state index contributed by atoms with van der Waals surface area (Å²) in [7, 11) is 2.91. The highest BCUT2D eigenvalue weighted by Crippen LogP contribution is 2.34. The summed E-state index contributed by atoms with van der Waals surface area (Å²) in [5, 5.41) is 5.98. The van der Waals surface area contributed by atoms with Crippen LogP contribution in [0.2, 0.25) is 0 Å². The minimum absolute atomic E-state index is 0. The van der Waals surface area contributed by atoms with Gasteiger partial charge in [0.1, 0.15) is 5.75 Å². The summed E-state index contributed by atoms with van der Waals surface area (Å²) < 4.78 is 44.2. The summed E-state index contributed by atoms with van der Waals surface area (Å²) in [5.41, 5.74) is -0.829. The van der Waals surface area contributed by atoms with Gasteiger partial charge in [-0.2, -0.15) is 13.2 Å². The van der Waals surface area contributed by atoms with E-state index in [1.165, 1.54) is 19.2 Å². The molecule has 0 saturated heterocycles. The molecule has 1 rings (SSSR count). The zero-order valence-electron chi connectivity index (χ0n) is 13.8. The Morgan fingerprint density at radius 3 is 2.26 bits per heavy atom. The Labute approximate surface area is 151 Å². The lowest BCUT2D eigenvalue weighted by molar-refractivity contribution is -0.138. The lowest BCUT2D eigenvalue weighted by Crippen LogP contribution is -2.47. The molecular formula is C15H23F3IN3O. The number of guanidine groups is 1. The first-order chi connectivity index (χ1) is 10.1. The fourth-order valence-electron chi connectivity index (χ4n) is 1.81. The Balaban J connectivity index is 0.00000484. The predicted octanol–water partition coefficient (Wildman–Crippen LogP) is 3.80. The quantitative estimate of drug-likeness (QED) is 0.423. The number of nitrogens with one attached hydrogen (secondary N) is 2. The van der Waals surface area contributed by atoms with Gasteiger partial charge in [0.25, 0.3) is 0 Å². The summed E-state index contributed by atoms with van der Waals surface area (Å²) in [6.07, 6.45) is -4.44. The van der Waals surface area contributed by atoms with Crippen molar-refractivity contribution in [3.63, 3.8) is 0 Å². The summed E-state index contributed by atoms with van der Waals surface area (Å²) in [5.74, 6) is 0.615. The van der Waals surface area contributed by atoms with Crippen molar-refractivity contribution in [2.24, 2.45) is 4.99 Å². The SMILES string of the molecule is CN=C(NCc1ccc(OC)cc1C(F)(F)F)NC(C)(C)C.I. The van der Waals surface area contributed by atoms with E-state index >= 15 is 0 Å². The minimum Gasteiger partial charge on any atom is -0.497 e. The Hall–Kier alpha value is -1.19. The molecule has 0 aliphatic rings. The van der Waals surface area contributed by atoms with Crippen molar-refractivity contribution in [1.29, 1.82) is 0 Å². The standard InChI is InChI=1S/C15H22F3N3O.HI/c1-14(2,3)21-13(19-4)20-9-10-6-7-11(22-5)8-12(10)15(16,17)18;/h6-8H,9H2,1-5H3,(H2,19,20,21);1H. The number of hydrogen-bond acceptors (Lipinski definition) is 2. The molecule has 0 aromatic heterocycles. The maximum atomic E-state index is 13.1. The molecule has 0 fully saturated rings. The van der Waals surface area contributed by atoms with E-state index in [1.54, 1.807) is 7.05 Å². The smallest absolute Gasteiger partial charge is 0.416 e. The van der Waals surface area contributed by atoms with Crippen molar-refractivity contribution in [2.75, 3.05) is 14.2 Å². The predicted molar refractivity (Wildman–Crippen MR) is 96.5 cm³/mol. The van der Waals surface area contributed by atoms with Crippen molar-refractivity contribution < 1.29 is 17.9 Å². The highest BCUT2D eigenvalue weighted by molar-refractivity contribution is 14.0. The van der Waals surface area contributed by atoms with Crippen molar-refractivity contribution in [1.82, 2.24) is 10.6 Å². The van der Waals surface area contributed by atoms with E-state index in [1.807, 2.05) is 20.8 Å². The second-order valence-corrected chi connectivity index (χ2v) is 5.82. The normalized spacial score (nSPS) is 12.4. The van der Waals surface area contributed by atoms with Crippen LogP contribution in [0.1, 0.15) is 31.9 Å². The molecule has 0 radical (unpaired) electrons. The van der Waals surface area contributed by atoms with Gasteiger partial charge in [0, 0.05) is 19.1 Å². The van der Waals surface area contributed by atoms with Gasteiger partial charge in [-0.15, -0.1) is 24.0 Å². The molecule has 2 N–H and O–H groups in total. The summed E-state index contributed by atoms with van der Waals surface area (Å²) in [4.78, 5) is 4.00. The molecule has 0 heterocycles. The van der Waals surface area contributed by atoms with Crippen LogP contribution in [0.15, 0.2) is 23.2 Å². The number of hydrogen-bond donors (Lipinski definition) is 2. The molecule has 0 saturated carbocycles. The van der Waals surface area contributed by atoms with Gasteiger partial charge in [-0.3, -0.25) is 4.99 Å². The van der Waals surface area contributed by atoms with Crippen LogP contribution in [-0.4, -0.2) is 25.7 Å². The van der Waals surface area contributed by atoms with Gasteiger partial charge in [-0.25, -0.2) is 0 Å². The van der Waals surface area contributed by atoms with Gasteiger partial charge in [0.15, 0.2) is 5.96 Å². The molecule has 1 aromatic rings. The fourth-order valence-corrected chi connectivity index (χ4v) is 1.81. The average molecular weight is 445 g/mol. The molecule has 132 valence electrons. The number of aliphatic imine (C=N–C) groups is 1. The van der Waals surface area contributed by atoms with E-state index in [0.717, 1.165) is 6.07 Å². The molecule has 0 atom stereocenters. The van der Waals surface area contributed by atoms with Crippen LogP contribution in [0.3, 0.4) is 0 Å². The number of benzene rings is 1. The first kappa shape index (κ1) is 21.8. The lowest BCUT2D eigenvalue weighted by atomic mass is 10.1. The summed E-state index contributed by atoms with van der Waals surface area (Å²) in [6, 6.07) is 3.90. The first-order valence-electron chi connectivity index (χ1n) is 6.80. The van der Waals surface area contributed by atoms with Crippen LogP contribution in [0, 0.1) is 0 Å². The van der Waals surface area contributed by atoms with Crippen LogP contribution in [-0.2, 0) is 12.7 Å². The van der Waals surface area contributed by atoms with Crippen LogP contribution >= 0.6 is 24.0 Å². The van der Waals surface area contributed by atoms with Crippen LogP contribution < -0.4 is 15.4 Å². The van der Waals surface area contributed by atoms with E-state index < -0.39 is 11.7 Å². The highest BCUT2D eigenvalue weighted by Gasteiger charge is 2.33. The maximum absolute atomic E-state index is 13.1.